The number of amides is 5. The lowest BCUT2D eigenvalue weighted by atomic mass is 9.81. The van der Waals surface area contributed by atoms with Crippen molar-refractivity contribution in [1.82, 2.24) is 26.2 Å². The molecule has 10 heteroatoms. The van der Waals surface area contributed by atoms with Crippen LogP contribution in [0.15, 0.2) is 36.9 Å². The minimum absolute atomic E-state index is 0.0746. The second kappa shape index (κ2) is 20.0. The summed E-state index contributed by atoms with van der Waals surface area (Å²) in [5.74, 6) is 0.236. The average Bonchev–Trinajstić information content (AvgIpc) is 3.47. The predicted octanol–water partition coefficient (Wildman–Crippen LogP) is 3.54. The number of likely N-dealkylation sites (N-methyl/N-ethyl adjacent to an activating group) is 1. The fourth-order valence-electron chi connectivity index (χ4n) is 5.27. The number of nitrogens with one attached hydrogen (secondary N) is 4. The van der Waals surface area contributed by atoms with Crippen molar-refractivity contribution in [3.05, 3.63) is 48.0 Å². The van der Waals surface area contributed by atoms with Crippen LogP contribution in [0.2, 0.25) is 0 Å². The van der Waals surface area contributed by atoms with Crippen LogP contribution >= 0.6 is 0 Å². The topological polar surface area (TPSA) is 137 Å². The van der Waals surface area contributed by atoms with Crippen LogP contribution in [-0.2, 0) is 32.0 Å². The molecular formula is C35H53N5O5. The Morgan fingerprint density at radius 1 is 1.11 bits per heavy atom. The van der Waals surface area contributed by atoms with Gasteiger partial charge in [0.15, 0.2) is 0 Å². The molecule has 0 aliphatic heterocycles. The maximum absolute atomic E-state index is 13.7. The highest BCUT2D eigenvalue weighted by Crippen LogP contribution is 2.32. The van der Waals surface area contributed by atoms with Gasteiger partial charge in [-0.1, -0.05) is 64.5 Å². The van der Waals surface area contributed by atoms with E-state index in [1.807, 2.05) is 26.0 Å². The second-order valence-corrected chi connectivity index (χ2v) is 11.9. The quantitative estimate of drug-likeness (QED) is 0.127. The third-order valence-corrected chi connectivity index (χ3v) is 8.00. The first kappa shape index (κ1) is 38.9. The van der Waals surface area contributed by atoms with Gasteiger partial charge in [-0.3, -0.25) is 19.2 Å². The predicted molar refractivity (Wildman–Crippen MR) is 178 cm³/mol. The summed E-state index contributed by atoms with van der Waals surface area (Å²) >= 11 is 0. The number of benzene rings is 1. The van der Waals surface area contributed by atoms with E-state index in [-0.39, 0.29) is 43.5 Å². The Bertz CT molecular complexity index is 1180. The minimum atomic E-state index is -1.03. The molecule has 0 saturated carbocycles. The summed E-state index contributed by atoms with van der Waals surface area (Å²) in [6.07, 6.45) is 11.0. The number of fused-ring (bicyclic) bond motifs is 1. The molecule has 3 unspecified atom stereocenters. The molecule has 5 amide bonds. The molecule has 4 N–H and O–H groups in total. The number of Topliss-reactive ketones (excluding diaryl/α,β-unsaturated/α-hetero) is 1. The molecule has 0 aromatic heterocycles. The van der Waals surface area contributed by atoms with Gasteiger partial charge in [0.2, 0.25) is 17.6 Å². The summed E-state index contributed by atoms with van der Waals surface area (Å²) < 4.78 is 0. The zero-order valence-electron chi connectivity index (χ0n) is 28.0. The Kier molecular flexibility index (Phi) is 17.3. The lowest BCUT2D eigenvalue weighted by Gasteiger charge is -2.36. The first-order chi connectivity index (χ1) is 21.4. The Morgan fingerprint density at radius 2 is 1.71 bits per heavy atom. The summed E-state index contributed by atoms with van der Waals surface area (Å²) in [6.45, 7) is 12.3. The lowest BCUT2D eigenvalue weighted by molar-refractivity contribution is -0.140. The molecule has 1 aromatic carbocycles. The number of carbonyl (C=O) groups is 5. The average molecular weight is 624 g/mol. The van der Waals surface area contributed by atoms with Crippen LogP contribution in [0, 0.1) is 23.7 Å². The number of urea groups is 1. The molecular weight excluding hydrogens is 570 g/mol. The third-order valence-electron chi connectivity index (χ3n) is 8.00. The number of hydrogen-bond acceptors (Lipinski definition) is 5. The van der Waals surface area contributed by atoms with Crippen LogP contribution in [0.25, 0.3) is 0 Å². The molecule has 10 nitrogen and oxygen atoms in total. The zero-order chi connectivity index (χ0) is 34.0. The van der Waals surface area contributed by atoms with E-state index < -0.39 is 35.2 Å². The van der Waals surface area contributed by atoms with Crippen LogP contribution in [0.4, 0.5) is 4.79 Å². The van der Waals surface area contributed by atoms with Crippen LogP contribution in [-0.4, -0.2) is 73.7 Å². The van der Waals surface area contributed by atoms with Gasteiger partial charge >= 0.3 is 6.03 Å². The number of hydrogen-bond donors (Lipinski definition) is 4. The van der Waals surface area contributed by atoms with E-state index in [1.165, 1.54) is 30.7 Å². The maximum Gasteiger partial charge on any atom is 0.315 e. The van der Waals surface area contributed by atoms with Crippen molar-refractivity contribution in [3.8, 4) is 12.3 Å². The Hall–Kier alpha value is -4.13. The van der Waals surface area contributed by atoms with Gasteiger partial charge in [-0.2, -0.15) is 0 Å². The van der Waals surface area contributed by atoms with Gasteiger partial charge in [-0.25, -0.2) is 4.79 Å². The molecule has 1 aliphatic rings. The highest BCUT2D eigenvalue weighted by atomic mass is 16.2. The molecule has 248 valence electrons. The van der Waals surface area contributed by atoms with E-state index in [2.05, 4.69) is 59.7 Å². The number of nitrogens with zero attached hydrogens (tertiary/aromatic N) is 1. The SMILES string of the molecule is C#CCCC(NC(=O)CCC(C)(CC)CN(C)C(=O)C(NC(=O)NC)C1Cc2ccccc2C1)C(=O)C(=O)NCC=C.CCC. The highest BCUT2D eigenvalue weighted by molar-refractivity contribution is 6.38. The van der Waals surface area contributed by atoms with Gasteiger partial charge in [0.25, 0.3) is 5.91 Å². The van der Waals surface area contributed by atoms with Gasteiger partial charge in [-0.15, -0.1) is 18.9 Å². The molecule has 45 heavy (non-hydrogen) atoms. The molecule has 0 saturated heterocycles. The van der Waals surface area contributed by atoms with Gasteiger partial charge in [0.1, 0.15) is 6.04 Å². The maximum atomic E-state index is 13.7. The highest BCUT2D eigenvalue weighted by Gasteiger charge is 2.37. The second-order valence-electron chi connectivity index (χ2n) is 11.9. The van der Waals surface area contributed by atoms with Crippen molar-refractivity contribution < 1.29 is 24.0 Å². The monoisotopic (exact) mass is 623 g/mol. The summed E-state index contributed by atoms with van der Waals surface area (Å²) in [5, 5.41) is 10.5. The van der Waals surface area contributed by atoms with E-state index in [0.29, 0.717) is 32.2 Å². The van der Waals surface area contributed by atoms with Gasteiger partial charge < -0.3 is 26.2 Å². The Balaban J connectivity index is 0.00000324. The summed E-state index contributed by atoms with van der Waals surface area (Å²) in [4.78, 5) is 65.3. The molecule has 1 aliphatic carbocycles. The molecule has 0 radical (unpaired) electrons. The van der Waals surface area contributed by atoms with Crippen molar-refractivity contribution in [3.63, 3.8) is 0 Å². The number of terminal acetylenes is 1. The van der Waals surface area contributed by atoms with Crippen molar-refractivity contribution in [2.24, 2.45) is 11.3 Å². The molecule has 3 atom stereocenters. The summed E-state index contributed by atoms with van der Waals surface area (Å²) in [7, 11) is 3.23. The first-order valence-electron chi connectivity index (χ1n) is 15.9. The zero-order valence-corrected chi connectivity index (χ0v) is 28.0. The Labute approximate surface area is 269 Å². The van der Waals surface area contributed by atoms with Crippen molar-refractivity contribution in [2.45, 2.75) is 91.1 Å². The van der Waals surface area contributed by atoms with Crippen molar-refractivity contribution in [2.75, 3.05) is 27.2 Å². The number of carbonyl (C=O) groups excluding carboxylic acids is 5. The molecule has 2 rings (SSSR count). The summed E-state index contributed by atoms with van der Waals surface area (Å²) in [5.41, 5.74) is 1.95. The van der Waals surface area contributed by atoms with E-state index in [1.54, 1.807) is 11.9 Å². The number of rotatable bonds is 16. The largest absolute Gasteiger partial charge is 0.346 e. The van der Waals surface area contributed by atoms with Gasteiger partial charge in [0, 0.05) is 40.0 Å². The van der Waals surface area contributed by atoms with Crippen LogP contribution in [0.5, 0.6) is 0 Å². The first-order valence-corrected chi connectivity index (χ1v) is 15.9. The minimum Gasteiger partial charge on any atom is -0.346 e. The third kappa shape index (κ3) is 12.8. The molecule has 0 spiro atoms. The van der Waals surface area contributed by atoms with E-state index >= 15 is 0 Å². The van der Waals surface area contributed by atoms with Crippen LogP contribution in [0.1, 0.15) is 77.3 Å². The van der Waals surface area contributed by atoms with Crippen LogP contribution in [0.3, 0.4) is 0 Å². The normalized spacial score (nSPS) is 14.5. The smallest absolute Gasteiger partial charge is 0.315 e. The number of ketones is 1. The standard InChI is InChI=1S/C32H45N5O5.C3H8/c1-7-10-15-25(28(39)29(40)34-18-8-2)35-26(38)16-17-32(4,9-3)21-37(6)30(41)27(36-31(42)33-5)24-19-22-13-11-12-14-23(22)20-24;1-3-2/h1,8,11-14,24-25,27H,2,9-10,15-21H2,3-6H3,(H,34,40)(H,35,38)(H2,33,36,42);3H2,1-2H3. The van der Waals surface area contributed by atoms with Crippen LogP contribution < -0.4 is 21.3 Å². The van der Waals surface area contributed by atoms with E-state index in [9.17, 15) is 24.0 Å². The van der Waals surface area contributed by atoms with E-state index in [4.69, 9.17) is 6.42 Å². The van der Waals surface area contributed by atoms with Crippen molar-refractivity contribution in [1.29, 1.82) is 0 Å². The molecule has 1 aromatic rings. The van der Waals surface area contributed by atoms with E-state index in [0.717, 1.165) is 0 Å². The van der Waals surface area contributed by atoms with Gasteiger partial charge in [0.05, 0.1) is 6.04 Å². The fourth-order valence-corrected chi connectivity index (χ4v) is 5.27. The summed E-state index contributed by atoms with van der Waals surface area (Å²) in [6, 6.07) is 5.91. The molecule has 0 fully saturated rings. The Morgan fingerprint density at radius 3 is 2.22 bits per heavy atom. The molecule has 0 heterocycles. The lowest BCUT2D eigenvalue weighted by Crippen LogP contribution is -2.55. The van der Waals surface area contributed by atoms with Crippen molar-refractivity contribution >= 4 is 29.5 Å². The molecule has 0 bridgehead atoms. The van der Waals surface area contributed by atoms with Gasteiger partial charge in [-0.05, 0) is 54.6 Å². The fraction of sp³-hybridized carbons (Fsp3) is 0.571.